The first-order chi connectivity index (χ1) is 10.1. The fraction of sp³-hybridized carbons (Fsp3) is 0.882. The van der Waals surface area contributed by atoms with Crippen LogP contribution in [0, 0.1) is 11.8 Å². The quantitative estimate of drug-likeness (QED) is 0.512. The van der Waals surface area contributed by atoms with Gasteiger partial charge in [0, 0.05) is 0 Å². The minimum Gasteiger partial charge on any atom is -0.481 e. The Morgan fingerprint density at radius 1 is 1.05 bits per heavy atom. The number of hydrogen-bond donors (Lipinski definition) is 1. The molecule has 1 saturated carbocycles. The maximum absolute atomic E-state index is 12.2. The maximum Gasteiger partial charge on any atom is 0.309 e. The number of aliphatic carboxylic acids is 1. The number of hydrogen-bond acceptors (Lipinski definition) is 3. The van der Waals surface area contributed by atoms with E-state index >= 15 is 0 Å². The second-order valence-electron chi connectivity index (χ2n) is 6.20. The smallest absolute Gasteiger partial charge is 0.309 e. The first-order valence-electron chi connectivity index (χ1n) is 8.51. The van der Waals surface area contributed by atoms with Gasteiger partial charge in [-0.2, -0.15) is 0 Å². The Hall–Kier alpha value is -1.06. The summed E-state index contributed by atoms with van der Waals surface area (Å²) >= 11 is 0. The van der Waals surface area contributed by atoms with Crippen molar-refractivity contribution in [3.8, 4) is 0 Å². The van der Waals surface area contributed by atoms with Crippen LogP contribution in [0.3, 0.4) is 0 Å². The lowest BCUT2D eigenvalue weighted by molar-refractivity contribution is -0.157. The third-order valence-corrected chi connectivity index (χ3v) is 4.53. The van der Waals surface area contributed by atoms with Gasteiger partial charge >= 0.3 is 11.9 Å². The molecule has 0 aromatic rings. The van der Waals surface area contributed by atoms with Gasteiger partial charge < -0.3 is 9.84 Å². The molecule has 1 aliphatic carbocycles. The van der Waals surface area contributed by atoms with Crippen molar-refractivity contribution in [3.05, 3.63) is 0 Å². The highest BCUT2D eigenvalue weighted by Crippen LogP contribution is 2.30. The molecule has 0 aromatic carbocycles. The van der Waals surface area contributed by atoms with Crippen LogP contribution in [0.5, 0.6) is 0 Å². The molecule has 0 aliphatic heterocycles. The molecule has 1 fully saturated rings. The minimum absolute atomic E-state index is 0.0338. The molecule has 0 saturated heterocycles. The molecule has 1 rings (SSSR count). The monoisotopic (exact) mass is 298 g/mol. The zero-order valence-electron chi connectivity index (χ0n) is 13.5. The highest BCUT2D eigenvalue weighted by Gasteiger charge is 2.31. The van der Waals surface area contributed by atoms with Gasteiger partial charge in [0.2, 0.25) is 0 Å². The zero-order chi connectivity index (χ0) is 15.7. The Kier molecular flexibility index (Phi) is 8.40. The van der Waals surface area contributed by atoms with E-state index in [1.165, 1.54) is 19.3 Å². The minimum atomic E-state index is -0.732. The average molecular weight is 298 g/mol. The molecule has 4 heteroatoms. The van der Waals surface area contributed by atoms with Crippen LogP contribution in [0.2, 0.25) is 0 Å². The van der Waals surface area contributed by atoms with E-state index in [1.54, 1.807) is 0 Å². The van der Waals surface area contributed by atoms with E-state index in [0.29, 0.717) is 25.7 Å². The Bertz CT molecular complexity index is 319. The largest absolute Gasteiger partial charge is 0.481 e. The first kappa shape index (κ1) is 18.0. The molecule has 21 heavy (non-hydrogen) atoms. The van der Waals surface area contributed by atoms with Gasteiger partial charge in [0.25, 0.3) is 0 Å². The molecule has 4 nitrogen and oxygen atoms in total. The number of carboxylic acid groups (broad SMARTS) is 1. The van der Waals surface area contributed by atoms with Crippen molar-refractivity contribution in [2.24, 2.45) is 11.8 Å². The standard InChI is InChI=1S/C17H30O4/c1-3-5-6-7-8-15(4-2)21-17(20)14-11-9-13(10-12-14)16(18)19/h13-15H,3-12H2,1-2H3,(H,18,19). The number of esters is 1. The number of carbonyl (C=O) groups excluding carboxylic acids is 1. The fourth-order valence-corrected chi connectivity index (χ4v) is 2.98. The number of unbranched alkanes of at least 4 members (excludes halogenated alkanes) is 3. The topological polar surface area (TPSA) is 63.6 Å². The lowest BCUT2D eigenvalue weighted by Crippen LogP contribution is -2.29. The molecule has 1 aliphatic rings. The van der Waals surface area contributed by atoms with Crippen molar-refractivity contribution >= 4 is 11.9 Å². The Labute approximate surface area is 128 Å². The number of ether oxygens (including phenoxy) is 1. The summed E-state index contributed by atoms with van der Waals surface area (Å²) in [5, 5.41) is 8.97. The van der Waals surface area contributed by atoms with Gasteiger partial charge in [0.05, 0.1) is 11.8 Å². The maximum atomic E-state index is 12.2. The van der Waals surface area contributed by atoms with Gasteiger partial charge in [-0.15, -0.1) is 0 Å². The summed E-state index contributed by atoms with van der Waals surface area (Å²) in [5.41, 5.74) is 0. The summed E-state index contributed by atoms with van der Waals surface area (Å²) in [4.78, 5) is 23.1. The Morgan fingerprint density at radius 3 is 2.19 bits per heavy atom. The normalized spacial score (nSPS) is 23.5. The highest BCUT2D eigenvalue weighted by atomic mass is 16.5. The number of rotatable bonds is 9. The van der Waals surface area contributed by atoms with Crippen LogP contribution in [0.4, 0.5) is 0 Å². The molecule has 0 heterocycles. The summed E-state index contributed by atoms with van der Waals surface area (Å²) in [6.45, 7) is 4.24. The van der Waals surface area contributed by atoms with Crippen LogP contribution < -0.4 is 0 Å². The molecular weight excluding hydrogens is 268 g/mol. The summed E-state index contributed by atoms with van der Waals surface area (Å²) in [6, 6.07) is 0. The van der Waals surface area contributed by atoms with Gasteiger partial charge in [-0.3, -0.25) is 9.59 Å². The van der Waals surface area contributed by atoms with Crippen molar-refractivity contribution in [2.75, 3.05) is 0 Å². The van der Waals surface area contributed by atoms with Crippen LogP contribution in [-0.2, 0) is 14.3 Å². The second kappa shape index (κ2) is 9.80. The predicted molar refractivity (Wildman–Crippen MR) is 82.0 cm³/mol. The number of carboxylic acids is 1. The molecule has 0 bridgehead atoms. The molecule has 0 amide bonds. The van der Waals surface area contributed by atoms with E-state index in [-0.39, 0.29) is 23.9 Å². The summed E-state index contributed by atoms with van der Waals surface area (Å²) in [7, 11) is 0. The van der Waals surface area contributed by atoms with E-state index in [0.717, 1.165) is 19.3 Å². The summed E-state index contributed by atoms with van der Waals surface area (Å²) in [6.07, 6.45) is 9.13. The molecule has 122 valence electrons. The van der Waals surface area contributed by atoms with Gasteiger partial charge in [0.1, 0.15) is 6.10 Å². The molecule has 1 unspecified atom stereocenters. The third-order valence-electron chi connectivity index (χ3n) is 4.53. The molecule has 1 atom stereocenters. The SMILES string of the molecule is CCCCCCC(CC)OC(=O)C1CCC(C(=O)O)CC1. The Morgan fingerprint density at radius 2 is 1.67 bits per heavy atom. The predicted octanol–water partition coefficient (Wildman–Crippen LogP) is 4.17. The van der Waals surface area contributed by atoms with Crippen molar-refractivity contribution in [3.63, 3.8) is 0 Å². The molecule has 0 aromatic heterocycles. The van der Waals surface area contributed by atoms with E-state index < -0.39 is 5.97 Å². The third kappa shape index (κ3) is 6.49. The van der Waals surface area contributed by atoms with Gasteiger partial charge in [-0.25, -0.2) is 0 Å². The van der Waals surface area contributed by atoms with Gasteiger partial charge in [0.15, 0.2) is 0 Å². The van der Waals surface area contributed by atoms with E-state index in [4.69, 9.17) is 9.84 Å². The summed E-state index contributed by atoms with van der Waals surface area (Å²) in [5.74, 6) is -1.21. The van der Waals surface area contributed by atoms with E-state index in [1.807, 2.05) is 0 Å². The lowest BCUT2D eigenvalue weighted by Gasteiger charge is -2.26. The zero-order valence-corrected chi connectivity index (χ0v) is 13.5. The molecule has 0 spiro atoms. The van der Waals surface area contributed by atoms with Crippen LogP contribution in [0.25, 0.3) is 0 Å². The van der Waals surface area contributed by atoms with Crippen LogP contribution in [0.15, 0.2) is 0 Å². The average Bonchev–Trinajstić information content (AvgIpc) is 2.50. The second-order valence-corrected chi connectivity index (χ2v) is 6.20. The fourth-order valence-electron chi connectivity index (χ4n) is 2.98. The van der Waals surface area contributed by atoms with Crippen molar-refractivity contribution < 1.29 is 19.4 Å². The van der Waals surface area contributed by atoms with Crippen molar-refractivity contribution in [1.82, 2.24) is 0 Å². The number of carbonyl (C=O) groups is 2. The van der Waals surface area contributed by atoms with E-state index in [2.05, 4.69) is 13.8 Å². The molecule has 0 radical (unpaired) electrons. The molecule has 1 N–H and O–H groups in total. The van der Waals surface area contributed by atoms with Crippen molar-refractivity contribution in [2.45, 2.75) is 84.2 Å². The van der Waals surface area contributed by atoms with Crippen LogP contribution in [-0.4, -0.2) is 23.1 Å². The van der Waals surface area contributed by atoms with Crippen LogP contribution in [0.1, 0.15) is 78.1 Å². The van der Waals surface area contributed by atoms with E-state index in [9.17, 15) is 9.59 Å². The summed E-state index contributed by atoms with van der Waals surface area (Å²) < 4.78 is 5.63. The lowest BCUT2D eigenvalue weighted by atomic mass is 9.82. The van der Waals surface area contributed by atoms with Crippen LogP contribution >= 0.6 is 0 Å². The first-order valence-corrected chi connectivity index (χ1v) is 8.51. The van der Waals surface area contributed by atoms with Gasteiger partial charge in [-0.1, -0.05) is 33.1 Å². The molecular formula is C17H30O4. The highest BCUT2D eigenvalue weighted by molar-refractivity contribution is 5.74. The van der Waals surface area contributed by atoms with Gasteiger partial charge in [-0.05, 0) is 44.9 Å². The Balaban J connectivity index is 2.29. The van der Waals surface area contributed by atoms with Crippen molar-refractivity contribution in [1.29, 1.82) is 0 Å².